The molecule has 0 saturated carbocycles. The summed E-state index contributed by atoms with van der Waals surface area (Å²) in [5.41, 5.74) is 1.67. The normalized spacial score (nSPS) is 12.5. The van der Waals surface area contributed by atoms with Gasteiger partial charge in [0.1, 0.15) is 19.8 Å². The average Bonchev–Trinajstić information content (AvgIpc) is 2.70. The molecule has 1 aromatic heterocycles. The first-order valence-corrected chi connectivity index (χ1v) is 9.41. The molecule has 142 valence electrons. The molecule has 0 saturated heterocycles. The van der Waals surface area contributed by atoms with E-state index in [4.69, 9.17) is 9.47 Å². The summed E-state index contributed by atoms with van der Waals surface area (Å²) in [6, 6.07) is 15.8. The Balaban J connectivity index is 1.50. The SMILES string of the molecule is O=C(Cn1nc(-c2ccc(Br)cc2)ccc1=O)Nc1ccc2c(c1)OCCO2. The van der Waals surface area contributed by atoms with Gasteiger partial charge in [-0.3, -0.25) is 9.59 Å². The summed E-state index contributed by atoms with van der Waals surface area (Å²) in [7, 11) is 0. The van der Waals surface area contributed by atoms with Crippen LogP contribution in [0.25, 0.3) is 11.3 Å². The third kappa shape index (κ3) is 4.07. The van der Waals surface area contributed by atoms with Crippen molar-refractivity contribution in [2.24, 2.45) is 0 Å². The number of hydrogen-bond donors (Lipinski definition) is 1. The number of rotatable bonds is 4. The Morgan fingerprint density at radius 3 is 2.57 bits per heavy atom. The first kappa shape index (κ1) is 18.2. The van der Waals surface area contributed by atoms with Gasteiger partial charge in [0, 0.05) is 27.9 Å². The molecule has 0 fully saturated rings. The minimum Gasteiger partial charge on any atom is -0.486 e. The zero-order chi connectivity index (χ0) is 19.5. The summed E-state index contributed by atoms with van der Waals surface area (Å²) in [6.07, 6.45) is 0. The van der Waals surface area contributed by atoms with Gasteiger partial charge in [-0.1, -0.05) is 28.1 Å². The van der Waals surface area contributed by atoms with Crippen molar-refractivity contribution in [1.82, 2.24) is 9.78 Å². The van der Waals surface area contributed by atoms with Crippen LogP contribution in [-0.4, -0.2) is 28.9 Å². The number of carbonyl (C=O) groups excluding carboxylic acids is 1. The fourth-order valence-corrected chi connectivity index (χ4v) is 3.06. The summed E-state index contributed by atoms with van der Waals surface area (Å²) in [5.74, 6) is 0.861. The molecule has 1 amide bonds. The molecule has 2 heterocycles. The second kappa shape index (κ2) is 7.85. The Bertz CT molecular complexity index is 1080. The largest absolute Gasteiger partial charge is 0.486 e. The van der Waals surface area contributed by atoms with Crippen molar-refractivity contribution in [2.45, 2.75) is 6.54 Å². The van der Waals surface area contributed by atoms with Crippen molar-refractivity contribution in [3.63, 3.8) is 0 Å². The van der Waals surface area contributed by atoms with Crippen LogP contribution in [0.4, 0.5) is 5.69 Å². The van der Waals surface area contributed by atoms with Gasteiger partial charge in [-0.15, -0.1) is 0 Å². The molecule has 0 atom stereocenters. The average molecular weight is 442 g/mol. The fraction of sp³-hybridized carbons (Fsp3) is 0.150. The van der Waals surface area contributed by atoms with Crippen molar-refractivity contribution in [3.8, 4) is 22.8 Å². The van der Waals surface area contributed by atoms with Gasteiger partial charge in [0.15, 0.2) is 11.5 Å². The molecular formula is C20H16BrN3O4. The molecule has 1 aliphatic rings. The Morgan fingerprint density at radius 2 is 1.79 bits per heavy atom. The maximum absolute atomic E-state index is 12.4. The van der Waals surface area contributed by atoms with Gasteiger partial charge in [-0.05, 0) is 30.3 Å². The molecular weight excluding hydrogens is 426 g/mol. The molecule has 0 unspecified atom stereocenters. The highest BCUT2D eigenvalue weighted by atomic mass is 79.9. The van der Waals surface area contributed by atoms with E-state index in [-0.39, 0.29) is 18.0 Å². The number of benzene rings is 2. The highest BCUT2D eigenvalue weighted by Gasteiger charge is 2.14. The summed E-state index contributed by atoms with van der Waals surface area (Å²) in [4.78, 5) is 24.5. The molecule has 1 N–H and O–H groups in total. The molecule has 2 aromatic carbocycles. The predicted octanol–water partition coefficient (Wildman–Crippen LogP) is 3.08. The molecule has 1 aliphatic heterocycles. The first-order chi connectivity index (χ1) is 13.6. The number of anilines is 1. The lowest BCUT2D eigenvalue weighted by molar-refractivity contribution is -0.117. The number of aromatic nitrogens is 2. The van der Waals surface area contributed by atoms with Crippen LogP contribution in [0.1, 0.15) is 0 Å². The van der Waals surface area contributed by atoms with Crippen molar-refractivity contribution >= 4 is 27.5 Å². The summed E-state index contributed by atoms with van der Waals surface area (Å²) >= 11 is 3.39. The number of amides is 1. The monoisotopic (exact) mass is 441 g/mol. The zero-order valence-corrected chi connectivity index (χ0v) is 16.3. The van der Waals surface area contributed by atoms with Crippen molar-refractivity contribution in [2.75, 3.05) is 18.5 Å². The molecule has 0 bridgehead atoms. The number of nitrogens with one attached hydrogen (secondary N) is 1. The third-order valence-corrected chi connectivity index (χ3v) is 4.65. The van der Waals surface area contributed by atoms with Crippen LogP contribution in [0.3, 0.4) is 0 Å². The topological polar surface area (TPSA) is 82.5 Å². The smallest absolute Gasteiger partial charge is 0.267 e. The minimum absolute atomic E-state index is 0.197. The van der Waals surface area contributed by atoms with Crippen LogP contribution in [-0.2, 0) is 11.3 Å². The van der Waals surface area contributed by atoms with Gasteiger partial charge in [-0.2, -0.15) is 5.10 Å². The standard InChI is InChI=1S/C20H16BrN3O4/c21-14-3-1-13(2-4-14)16-6-8-20(26)24(23-16)12-19(25)22-15-5-7-17-18(11-15)28-10-9-27-17/h1-8,11H,9-10,12H2,(H,22,25). The lowest BCUT2D eigenvalue weighted by Crippen LogP contribution is -2.29. The number of ether oxygens (including phenoxy) is 2. The first-order valence-electron chi connectivity index (χ1n) is 8.62. The van der Waals surface area contributed by atoms with Crippen LogP contribution in [0.15, 0.2) is 63.9 Å². The number of halogens is 1. The Morgan fingerprint density at radius 1 is 1.04 bits per heavy atom. The van der Waals surface area contributed by atoms with Crippen molar-refractivity contribution in [3.05, 3.63) is 69.4 Å². The van der Waals surface area contributed by atoms with E-state index in [2.05, 4.69) is 26.3 Å². The number of nitrogens with zero attached hydrogens (tertiary/aromatic N) is 2. The quantitative estimate of drug-likeness (QED) is 0.672. The summed E-state index contributed by atoms with van der Waals surface area (Å²) in [6.45, 7) is 0.770. The molecule has 0 aliphatic carbocycles. The second-order valence-electron chi connectivity index (χ2n) is 6.13. The van der Waals surface area contributed by atoms with Crippen molar-refractivity contribution < 1.29 is 14.3 Å². The fourth-order valence-electron chi connectivity index (χ4n) is 2.79. The number of carbonyl (C=O) groups is 1. The number of hydrogen-bond acceptors (Lipinski definition) is 5. The van der Waals surface area contributed by atoms with Crippen molar-refractivity contribution in [1.29, 1.82) is 0 Å². The van der Waals surface area contributed by atoms with Gasteiger partial charge in [0.2, 0.25) is 5.91 Å². The predicted molar refractivity (Wildman–Crippen MR) is 108 cm³/mol. The Hall–Kier alpha value is -3.13. The van der Waals surface area contributed by atoms with Crippen LogP contribution in [0.5, 0.6) is 11.5 Å². The van der Waals surface area contributed by atoms with E-state index in [1.54, 1.807) is 24.3 Å². The van der Waals surface area contributed by atoms with Crippen LogP contribution in [0, 0.1) is 0 Å². The second-order valence-corrected chi connectivity index (χ2v) is 7.04. The van der Waals surface area contributed by atoms with E-state index >= 15 is 0 Å². The molecule has 28 heavy (non-hydrogen) atoms. The maximum atomic E-state index is 12.4. The van der Waals surface area contributed by atoms with Crippen LogP contribution in [0.2, 0.25) is 0 Å². The van der Waals surface area contributed by atoms with E-state index in [9.17, 15) is 9.59 Å². The van der Waals surface area contributed by atoms with Gasteiger partial charge < -0.3 is 14.8 Å². The van der Waals surface area contributed by atoms with E-state index in [1.807, 2.05) is 24.3 Å². The van der Waals surface area contributed by atoms with Gasteiger partial charge in [0.25, 0.3) is 5.56 Å². The minimum atomic E-state index is -0.362. The van der Waals surface area contributed by atoms with Crippen LogP contribution >= 0.6 is 15.9 Å². The molecule has 3 aromatic rings. The summed E-state index contributed by atoms with van der Waals surface area (Å²) < 4.78 is 13.1. The Labute approximate surface area is 169 Å². The van der Waals surface area contributed by atoms with Gasteiger partial charge in [0.05, 0.1) is 5.69 Å². The van der Waals surface area contributed by atoms with E-state index in [0.29, 0.717) is 36.1 Å². The Kier molecular flexibility index (Phi) is 5.12. The summed E-state index contributed by atoms with van der Waals surface area (Å²) in [5, 5.41) is 7.06. The molecule has 8 heteroatoms. The highest BCUT2D eigenvalue weighted by molar-refractivity contribution is 9.10. The molecule has 7 nitrogen and oxygen atoms in total. The molecule has 0 spiro atoms. The van der Waals surface area contributed by atoms with E-state index in [1.165, 1.54) is 6.07 Å². The molecule has 4 rings (SSSR count). The van der Waals surface area contributed by atoms with Gasteiger partial charge in [-0.25, -0.2) is 4.68 Å². The number of fused-ring (bicyclic) bond motifs is 1. The van der Waals surface area contributed by atoms with E-state index < -0.39 is 0 Å². The molecule has 0 radical (unpaired) electrons. The zero-order valence-electron chi connectivity index (χ0n) is 14.7. The van der Waals surface area contributed by atoms with Gasteiger partial charge >= 0.3 is 0 Å². The lowest BCUT2D eigenvalue weighted by atomic mass is 10.1. The lowest BCUT2D eigenvalue weighted by Gasteiger charge is -2.19. The highest BCUT2D eigenvalue weighted by Crippen LogP contribution is 2.32. The van der Waals surface area contributed by atoms with E-state index in [0.717, 1.165) is 14.7 Å². The van der Waals surface area contributed by atoms with Crippen LogP contribution < -0.4 is 20.3 Å². The third-order valence-electron chi connectivity index (χ3n) is 4.13. The maximum Gasteiger partial charge on any atom is 0.267 e.